The van der Waals surface area contributed by atoms with Gasteiger partial charge in [-0.25, -0.2) is 0 Å². The molecule has 0 amide bonds. The van der Waals surface area contributed by atoms with Crippen LogP contribution in [0.25, 0.3) is 0 Å². The molecule has 1 saturated heterocycles. The van der Waals surface area contributed by atoms with Crippen LogP contribution in [0, 0.1) is 0 Å². The van der Waals surface area contributed by atoms with Gasteiger partial charge in [0, 0.05) is 6.42 Å². The van der Waals surface area contributed by atoms with E-state index in [2.05, 4.69) is 6.92 Å². The second-order valence-corrected chi connectivity index (χ2v) is 6.72. The highest BCUT2D eigenvalue weighted by Crippen LogP contribution is 2.33. The van der Waals surface area contributed by atoms with Gasteiger partial charge in [-0.2, -0.15) is 0 Å². The highest BCUT2D eigenvalue weighted by atomic mass is 16.7. The van der Waals surface area contributed by atoms with Crippen LogP contribution in [0.3, 0.4) is 0 Å². The fourth-order valence-corrected chi connectivity index (χ4v) is 3.11. The van der Waals surface area contributed by atoms with Gasteiger partial charge in [0.05, 0.1) is 12.2 Å². The average molecular weight is 298 g/mol. The Bertz CT molecular complexity index is 276. The fourth-order valence-electron chi connectivity index (χ4n) is 3.11. The third-order valence-corrected chi connectivity index (χ3v) is 4.20. The molecule has 3 nitrogen and oxygen atoms in total. The summed E-state index contributed by atoms with van der Waals surface area (Å²) >= 11 is 0. The molecule has 0 saturated carbocycles. The van der Waals surface area contributed by atoms with Gasteiger partial charge in [-0.3, -0.25) is 0 Å². The van der Waals surface area contributed by atoms with Crippen molar-refractivity contribution in [3.05, 3.63) is 0 Å². The summed E-state index contributed by atoms with van der Waals surface area (Å²) in [5, 5.41) is 0. The van der Waals surface area contributed by atoms with Gasteiger partial charge in [0.2, 0.25) is 0 Å². The van der Waals surface area contributed by atoms with Crippen LogP contribution < -0.4 is 0 Å². The van der Waals surface area contributed by atoms with Crippen LogP contribution >= 0.6 is 0 Å². The van der Waals surface area contributed by atoms with Crippen LogP contribution in [0.1, 0.15) is 91.4 Å². The van der Waals surface area contributed by atoms with Crippen LogP contribution in [-0.2, 0) is 14.3 Å². The van der Waals surface area contributed by atoms with Gasteiger partial charge in [-0.1, -0.05) is 58.3 Å². The largest absolute Gasteiger partial charge is 0.345 e. The normalized spacial score (nSPS) is 24.3. The zero-order valence-corrected chi connectivity index (χ0v) is 14.2. The number of rotatable bonds is 12. The maximum Gasteiger partial charge on any atom is 0.163 e. The van der Waals surface area contributed by atoms with E-state index >= 15 is 0 Å². The number of hydrogen-bond acceptors (Lipinski definition) is 3. The maximum atomic E-state index is 10.5. The van der Waals surface area contributed by atoms with E-state index in [0.717, 1.165) is 19.1 Å². The molecule has 0 spiro atoms. The second-order valence-electron chi connectivity index (χ2n) is 6.72. The van der Waals surface area contributed by atoms with E-state index in [0.29, 0.717) is 6.42 Å². The summed E-state index contributed by atoms with van der Waals surface area (Å²) in [5.74, 6) is -0.488. The Kier molecular flexibility index (Phi) is 9.18. The number of unbranched alkanes of at least 4 members (excludes halogenated alkanes) is 7. The van der Waals surface area contributed by atoms with Crippen molar-refractivity contribution >= 4 is 6.29 Å². The number of ether oxygens (including phenoxy) is 2. The summed E-state index contributed by atoms with van der Waals surface area (Å²) in [6, 6.07) is 0. The van der Waals surface area contributed by atoms with E-state index in [1.165, 1.54) is 51.4 Å². The van der Waals surface area contributed by atoms with Gasteiger partial charge in [-0.15, -0.1) is 0 Å². The molecule has 1 rings (SSSR count). The van der Waals surface area contributed by atoms with Crippen molar-refractivity contribution in [2.45, 2.75) is 109 Å². The number of carbonyl (C=O) groups is 1. The zero-order chi connectivity index (χ0) is 15.6. The molecule has 1 aliphatic heterocycles. The lowest BCUT2D eigenvalue weighted by Gasteiger charge is -2.16. The third-order valence-electron chi connectivity index (χ3n) is 4.20. The molecule has 3 heteroatoms. The van der Waals surface area contributed by atoms with E-state index in [1.54, 1.807) is 0 Å². The minimum absolute atomic E-state index is 0.0924. The molecule has 0 aliphatic carbocycles. The molecule has 0 aromatic rings. The van der Waals surface area contributed by atoms with Gasteiger partial charge in [-0.05, 0) is 26.7 Å². The minimum atomic E-state index is -0.488. The number of carbonyl (C=O) groups excluding carboxylic acids is 1. The SMILES string of the molecule is CCCCCCCCCC[C@H]1OC(C)(C)O[C@@H]1CCC=O. The number of aldehydes is 1. The lowest BCUT2D eigenvalue weighted by atomic mass is 10.0. The third kappa shape index (κ3) is 7.96. The van der Waals surface area contributed by atoms with E-state index < -0.39 is 5.79 Å². The summed E-state index contributed by atoms with van der Waals surface area (Å²) in [6.45, 7) is 6.19. The van der Waals surface area contributed by atoms with Crippen LogP contribution in [0.5, 0.6) is 0 Å². The first kappa shape index (κ1) is 18.6. The Labute approximate surface area is 130 Å². The van der Waals surface area contributed by atoms with Crippen molar-refractivity contribution < 1.29 is 14.3 Å². The molecular formula is C18H34O3. The first-order chi connectivity index (χ1) is 10.1. The molecular weight excluding hydrogens is 264 g/mol. The van der Waals surface area contributed by atoms with Crippen LogP contribution in [0.15, 0.2) is 0 Å². The molecule has 1 aliphatic rings. The first-order valence-electron chi connectivity index (χ1n) is 8.88. The highest BCUT2D eigenvalue weighted by molar-refractivity contribution is 5.49. The molecule has 0 unspecified atom stereocenters. The van der Waals surface area contributed by atoms with Crippen LogP contribution in [0.2, 0.25) is 0 Å². The standard InChI is InChI=1S/C18H34O3/c1-4-5-6-7-8-9-10-11-13-16-17(14-12-15-19)21-18(2,3)20-16/h15-17H,4-14H2,1-3H3/t16-,17-/m1/s1. The van der Waals surface area contributed by atoms with Gasteiger partial charge >= 0.3 is 0 Å². The summed E-state index contributed by atoms with van der Waals surface area (Å²) in [5.41, 5.74) is 0. The molecule has 0 aromatic carbocycles. The van der Waals surface area contributed by atoms with Crippen molar-refractivity contribution in [3.63, 3.8) is 0 Å². The Morgan fingerprint density at radius 3 is 1.95 bits per heavy atom. The van der Waals surface area contributed by atoms with Crippen molar-refractivity contribution in [1.82, 2.24) is 0 Å². The smallest absolute Gasteiger partial charge is 0.163 e. The van der Waals surface area contributed by atoms with Gasteiger partial charge < -0.3 is 14.3 Å². The summed E-state index contributed by atoms with van der Waals surface area (Å²) in [4.78, 5) is 10.5. The van der Waals surface area contributed by atoms with E-state index in [1.807, 2.05) is 13.8 Å². The van der Waals surface area contributed by atoms with Gasteiger partial charge in [0.15, 0.2) is 5.79 Å². The van der Waals surface area contributed by atoms with E-state index in [9.17, 15) is 4.79 Å². The molecule has 2 atom stereocenters. The number of hydrogen-bond donors (Lipinski definition) is 0. The minimum Gasteiger partial charge on any atom is -0.345 e. The molecule has 1 heterocycles. The Morgan fingerprint density at radius 2 is 1.38 bits per heavy atom. The highest BCUT2D eigenvalue weighted by Gasteiger charge is 2.40. The van der Waals surface area contributed by atoms with E-state index in [4.69, 9.17) is 9.47 Å². The summed E-state index contributed by atoms with van der Waals surface area (Å²) in [7, 11) is 0. The van der Waals surface area contributed by atoms with Crippen molar-refractivity contribution in [2.75, 3.05) is 0 Å². The Hall–Kier alpha value is -0.410. The quantitative estimate of drug-likeness (QED) is 0.375. The Morgan fingerprint density at radius 1 is 0.857 bits per heavy atom. The molecule has 1 fully saturated rings. The molecule has 0 N–H and O–H groups in total. The van der Waals surface area contributed by atoms with Crippen molar-refractivity contribution in [3.8, 4) is 0 Å². The van der Waals surface area contributed by atoms with Gasteiger partial charge in [0.1, 0.15) is 6.29 Å². The summed E-state index contributed by atoms with van der Waals surface area (Å²) < 4.78 is 11.9. The predicted octanol–water partition coefficient (Wildman–Crippen LogP) is 5.02. The fraction of sp³-hybridized carbons (Fsp3) is 0.944. The van der Waals surface area contributed by atoms with Crippen molar-refractivity contribution in [1.29, 1.82) is 0 Å². The average Bonchev–Trinajstić information content (AvgIpc) is 2.74. The topological polar surface area (TPSA) is 35.5 Å². The molecule has 0 radical (unpaired) electrons. The van der Waals surface area contributed by atoms with Crippen molar-refractivity contribution in [2.24, 2.45) is 0 Å². The Balaban J connectivity index is 2.12. The molecule has 0 bridgehead atoms. The first-order valence-corrected chi connectivity index (χ1v) is 8.88. The second kappa shape index (κ2) is 10.3. The monoisotopic (exact) mass is 298 g/mol. The van der Waals surface area contributed by atoms with Crippen LogP contribution in [-0.4, -0.2) is 24.3 Å². The predicted molar refractivity (Wildman–Crippen MR) is 86.4 cm³/mol. The zero-order valence-electron chi connectivity index (χ0n) is 14.2. The lowest BCUT2D eigenvalue weighted by Crippen LogP contribution is -2.22. The maximum absolute atomic E-state index is 10.5. The lowest BCUT2D eigenvalue weighted by molar-refractivity contribution is -0.147. The molecule has 124 valence electrons. The van der Waals surface area contributed by atoms with Gasteiger partial charge in [0.25, 0.3) is 0 Å². The summed E-state index contributed by atoms with van der Waals surface area (Å²) in [6.07, 6.45) is 14.3. The van der Waals surface area contributed by atoms with E-state index in [-0.39, 0.29) is 12.2 Å². The van der Waals surface area contributed by atoms with Crippen LogP contribution in [0.4, 0.5) is 0 Å². The molecule has 21 heavy (non-hydrogen) atoms. The molecule has 0 aromatic heterocycles.